The summed E-state index contributed by atoms with van der Waals surface area (Å²) in [6.45, 7) is 2.53. The van der Waals surface area contributed by atoms with E-state index in [4.69, 9.17) is 0 Å². The summed E-state index contributed by atoms with van der Waals surface area (Å²) >= 11 is 0. The fourth-order valence-electron chi connectivity index (χ4n) is 2.70. The highest BCUT2D eigenvalue weighted by Crippen LogP contribution is 2.12. The predicted octanol–water partition coefficient (Wildman–Crippen LogP) is 0.806. The van der Waals surface area contributed by atoms with Gasteiger partial charge >= 0.3 is 0 Å². The largest absolute Gasteiger partial charge is 0.391 e. The molecule has 2 aromatic heterocycles. The van der Waals surface area contributed by atoms with Gasteiger partial charge in [-0.15, -0.1) is 0 Å². The van der Waals surface area contributed by atoms with Gasteiger partial charge < -0.3 is 9.67 Å². The van der Waals surface area contributed by atoms with Crippen LogP contribution in [0.4, 0.5) is 4.39 Å². The Labute approximate surface area is 121 Å². The summed E-state index contributed by atoms with van der Waals surface area (Å²) in [6.07, 6.45) is 3.46. The van der Waals surface area contributed by atoms with E-state index in [9.17, 15) is 14.3 Å². The number of fused-ring (bicyclic) bond motifs is 1. The van der Waals surface area contributed by atoms with Crippen LogP contribution >= 0.6 is 0 Å². The highest BCUT2D eigenvalue weighted by atomic mass is 19.1. The van der Waals surface area contributed by atoms with Crippen molar-refractivity contribution in [3.05, 3.63) is 47.0 Å². The van der Waals surface area contributed by atoms with E-state index in [0.29, 0.717) is 30.7 Å². The zero-order valence-electron chi connectivity index (χ0n) is 11.6. The molecule has 6 heteroatoms. The maximum Gasteiger partial charge on any atom is 0.251 e. The number of β-amino-alcohol motifs (C(OH)–C–C–N with tert-alkyl or cyclic N) is 1. The van der Waals surface area contributed by atoms with Crippen LogP contribution in [0.15, 0.2) is 29.2 Å². The third-order valence-corrected chi connectivity index (χ3v) is 3.77. The van der Waals surface area contributed by atoms with E-state index in [1.165, 1.54) is 16.7 Å². The van der Waals surface area contributed by atoms with Crippen molar-refractivity contribution in [2.45, 2.75) is 19.1 Å². The number of aromatic nitrogens is 2. The third kappa shape index (κ3) is 3.11. The summed E-state index contributed by atoms with van der Waals surface area (Å²) in [5.41, 5.74) is 0.939. The van der Waals surface area contributed by atoms with Crippen LogP contribution < -0.4 is 5.56 Å². The van der Waals surface area contributed by atoms with Gasteiger partial charge in [-0.05, 0) is 25.5 Å². The zero-order chi connectivity index (χ0) is 14.8. The Morgan fingerprint density at radius 3 is 3.05 bits per heavy atom. The number of rotatable bonds is 3. The predicted molar refractivity (Wildman–Crippen MR) is 77.3 cm³/mol. The van der Waals surface area contributed by atoms with E-state index in [1.807, 2.05) is 6.42 Å². The maximum atomic E-state index is 13.4. The van der Waals surface area contributed by atoms with Gasteiger partial charge in [-0.1, -0.05) is 0 Å². The maximum absolute atomic E-state index is 13.4. The molecule has 1 saturated heterocycles. The molecule has 1 aliphatic rings. The highest BCUT2D eigenvalue weighted by molar-refractivity contribution is 5.74. The monoisotopic (exact) mass is 290 g/mol. The molecular formula is C15H17FN3O2. The van der Waals surface area contributed by atoms with Crippen LogP contribution in [0, 0.1) is 12.2 Å². The first-order valence-electron chi connectivity index (χ1n) is 7.02. The van der Waals surface area contributed by atoms with Crippen molar-refractivity contribution < 1.29 is 9.50 Å². The van der Waals surface area contributed by atoms with Crippen molar-refractivity contribution in [1.29, 1.82) is 0 Å². The molecule has 0 amide bonds. The number of piperidine rings is 1. The number of aliphatic hydroxyl groups is 1. The van der Waals surface area contributed by atoms with Crippen molar-refractivity contribution in [2.75, 3.05) is 19.6 Å². The molecule has 0 spiro atoms. The van der Waals surface area contributed by atoms with Gasteiger partial charge in [0.15, 0.2) is 0 Å². The Bertz CT molecular complexity index is 701. The lowest BCUT2D eigenvalue weighted by Gasteiger charge is -2.29. The van der Waals surface area contributed by atoms with Crippen LogP contribution in [0.1, 0.15) is 6.42 Å². The average Bonchev–Trinajstić information content (AvgIpc) is 2.46. The van der Waals surface area contributed by atoms with Gasteiger partial charge in [-0.25, -0.2) is 4.39 Å². The van der Waals surface area contributed by atoms with Gasteiger partial charge in [0, 0.05) is 31.8 Å². The second-order valence-electron chi connectivity index (χ2n) is 5.27. The van der Waals surface area contributed by atoms with Crippen LogP contribution in [-0.2, 0) is 6.54 Å². The molecule has 5 nitrogen and oxygen atoms in total. The minimum atomic E-state index is -0.454. The number of hydrogen-bond acceptors (Lipinski definition) is 4. The second kappa shape index (κ2) is 5.91. The SMILES string of the molecule is O=c1ccc2ncc(F)cc2n1CCN1CC[CH][C@H](O)C1. The third-order valence-electron chi connectivity index (χ3n) is 3.77. The summed E-state index contributed by atoms with van der Waals surface area (Å²) in [7, 11) is 0. The Morgan fingerprint density at radius 2 is 2.24 bits per heavy atom. The molecule has 1 atom stereocenters. The minimum Gasteiger partial charge on any atom is -0.391 e. The van der Waals surface area contributed by atoms with Gasteiger partial charge in [0.1, 0.15) is 5.82 Å². The summed E-state index contributed by atoms with van der Waals surface area (Å²) in [6, 6.07) is 4.39. The van der Waals surface area contributed by atoms with Crippen molar-refractivity contribution in [1.82, 2.24) is 14.5 Å². The summed E-state index contributed by atoms with van der Waals surface area (Å²) in [5.74, 6) is -0.454. The Morgan fingerprint density at radius 1 is 1.38 bits per heavy atom. The van der Waals surface area contributed by atoms with Crippen molar-refractivity contribution in [3.8, 4) is 0 Å². The molecule has 1 fully saturated rings. The lowest BCUT2D eigenvalue weighted by atomic mass is 10.1. The fraction of sp³-hybridized carbons (Fsp3) is 0.400. The van der Waals surface area contributed by atoms with Crippen molar-refractivity contribution >= 4 is 11.0 Å². The van der Waals surface area contributed by atoms with Crippen LogP contribution in [0.5, 0.6) is 0 Å². The standard InChI is InChI=1S/C15H17FN3O2/c16-11-8-14-13(17-9-11)3-4-15(21)19(14)7-6-18-5-1-2-12(20)10-18/h2-4,8-9,12,20H,1,5-7,10H2/t12-/m0/s1. The Hall–Kier alpha value is -1.79. The van der Waals surface area contributed by atoms with Crippen LogP contribution in [0.2, 0.25) is 0 Å². The highest BCUT2D eigenvalue weighted by Gasteiger charge is 2.17. The quantitative estimate of drug-likeness (QED) is 0.908. The second-order valence-corrected chi connectivity index (χ2v) is 5.27. The van der Waals surface area contributed by atoms with E-state index in [1.54, 1.807) is 6.07 Å². The van der Waals surface area contributed by atoms with Crippen molar-refractivity contribution in [3.63, 3.8) is 0 Å². The Balaban J connectivity index is 1.84. The molecule has 0 aliphatic carbocycles. The van der Waals surface area contributed by atoms with E-state index in [-0.39, 0.29) is 5.56 Å². The molecule has 1 aliphatic heterocycles. The van der Waals surface area contributed by atoms with Gasteiger partial charge in [-0.2, -0.15) is 0 Å². The van der Waals surface area contributed by atoms with Gasteiger partial charge in [0.2, 0.25) is 0 Å². The number of hydrogen-bond donors (Lipinski definition) is 1. The van der Waals surface area contributed by atoms with Gasteiger partial charge in [0.05, 0.1) is 23.3 Å². The van der Waals surface area contributed by atoms with E-state index in [0.717, 1.165) is 19.2 Å². The molecule has 3 rings (SSSR count). The molecule has 0 unspecified atom stereocenters. The van der Waals surface area contributed by atoms with Gasteiger partial charge in [0.25, 0.3) is 5.56 Å². The molecule has 0 aromatic carbocycles. The normalized spacial score (nSPS) is 20.0. The Kier molecular flexibility index (Phi) is 3.98. The molecule has 1 radical (unpaired) electrons. The molecule has 0 saturated carbocycles. The zero-order valence-corrected chi connectivity index (χ0v) is 11.6. The van der Waals surface area contributed by atoms with Crippen molar-refractivity contribution in [2.24, 2.45) is 0 Å². The molecular weight excluding hydrogens is 273 g/mol. The van der Waals surface area contributed by atoms with Gasteiger partial charge in [-0.3, -0.25) is 14.7 Å². The topological polar surface area (TPSA) is 58.4 Å². The number of halogens is 1. The first-order chi connectivity index (χ1) is 10.1. The van der Waals surface area contributed by atoms with E-state index in [2.05, 4.69) is 9.88 Å². The summed E-state index contributed by atoms with van der Waals surface area (Å²) in [5, 5.41) is 9.61. The number of nitrogens with zero attached hydrogens (tertiary/aromatic N) is 3. The van der Waals surface area contributed by atoms with E-state index < -0.39 is 11.9 Å². The van der Waals surface area contributed by atoms with Crippen LogP contribution in [0.25, 0.3) is 11.0 Å². The molecule has 3 heterocycles. The van der Waals surface area contributed by atoms with Crippen LogP contribution in [0.3, 0.4) is 0 Å². The molecule has 111 valence electrons. The number of pyridine rings is 2. The lowest BCUT2D eigenvalue weighted by Crippen LogP contribution is -2.41. The first kappa shape index (κ1) is 14.2. The summed E-state index contributed by atoms with van der Waals surface area (Å²) < 4.78 is 14.9. The summed E-state index contributed by atoms with van der Waals surface area (Å²) in [4.78, 5) is 18.1. The minimum absolute atomic E-state index is 0.168. The number of aliphatic hydroxyl groups excluding tert-OH is 1. The first-order valence-corrected chi connectivity index (χ1v) is 7.02. The smallest absolute Gasteiger partial charge is 0.251 e. The molecule has 0 bridgehead atoms. The average molecular weight is 290 g/mol. The molecule has 21 heavy (non-hydrogen) atoms. The lowest BCUT2D eigenvalue weighted by molar-refractivity contribution is 0.105. The molecule has 2 aromatic rings. The van der Waals surface area contributed by atoms with Crippen LogP contribution in [-0.4, -0.2) is 45.3 Å². The number of likely N-dealkylation sites (tertiary alicyclic amines) is 1. The fourth-order valence-corrected chi connectivity index (χ4v) is 2.70. The molecule has 1 N–H and O–H groups in total. The van der Waals surface area contributed by atoms with E-state index >= 15 is 0 Å².